The van der Waals surface area contributed by atoms with Gasteiger partial charge in [-0.1, -0.05) is 13.8 Å². The molecule has 0 aromatic rings. The molecule has 1 aliphatic rings. The third-order valence-electron chi connectivity index (χ3n) is 3.83. The predicted molar refractivity (Wildman–Crippen MR) is 80.8 cm³/mol. The van der Waals surface area contributed by atoms with E-state index in [1.807, 2.05) is 4.90 Å². The Morgan fingerprint density at radius 1 is 1.37 bits per heavy atom. The summed E-state index contributed by atoms with van der Waals surface area (Å²) < 4.78 is 4.94. The maximum absolute atomic E-state index is 12.0. The molecule has 1 rings (SSSR count). The van der Waals surface area contributed by atoms with Crippen molar-refractivity contribution in [3.8, 4) is 0 Å². The minimum absolute atomic E-state index is 0. The van der Waals surface area contributed by atoms with E-state index in [1.54, 1.807) is 7.11 Å². The fraction of sp³-hybridized carbons (Fsp3) is 0.929. The number of hydrogen-bond donors (Lipinski definition) is 1. The lowest BCUT2D eigenvalue weighted by atomic mass is 9.89. The summed E-state index contributed by atoms with van der Waals surface area (Å²) in [5.74, 6) is 1.75. The van der Waals surface area contributed by atoms with Crippen molar-refractivity contribution >= 4 is 18.3 Å². The smallest absolute Gasteiger partial charge is 0.236 e. The van der Waals surface area contributed by atoms with E-state index in [0.717, 1.165) is 44.3 Å². The number of ether oxygens (including phenoxy) is 1. The molecule has 0 aromatic heterocycles. The van der Waals surface area contributed by atoms with Crippen molar-refractivity contribution in [2.45, 2.75) is 33.1 Å². The van der Waals surface area contributed by atoms with Crippen LogP contribution in [0.2, 0.25) is 0 Å². The van der Waals surface area contributed by atoms with Gasteiger partial charge in [0.15, 0.2) is 0 Å². The molecular weight excluding hydrogens is 264 g/mol. The van der Waals surface area contributed by atoms with Gasteiger partial charge in [-0.05, 0) is 31.1 Å². The molecular formula is C14H29ClN2O2. The Labute approximate surface area is 123 Å². The Bertz CT molecular complexity index is 250. The summed E-state index contributed by atoms with van der Waals surface area (Å²) in [6, 6.07) is 0. The fourth-order valence-corrected chi connectivity index (χ4v) is 2.52. The lowest BCUT2D eigenvalue weighted by Gasteiger charge is -2.21. The molecule has 0 aromatic carbocycles. The van der Waals surface area contributed by atoms with Gasteiger partial charge in [0.25, 0.3) is 0 Å². The van der Waals surface area contributed by atoms with E-state index in [1.165, 1.54) is 6.42 Å². The van der Waals surface area contributed by atoms with E-state index in [2.05, 4.69) is 19.2 Å². The highest BCUT2D eigenvalue weighted by Gasteiger charge is 2.21. The number of likely N-dealkylation sites (tertiary alicyclic amines) is 1. The molecule has 1 unspecified atom stereocenters. The van der Waals surface area contributed by atoms with Crippen LogP contribution in [-0.2, 0) is 9.53 Å². The van der Waals surface area contributed by atoms with Crippen LogP contribution < -0.4 is 5.32 Å². The molecule has 4 nitrogen and oxygen atoms in total. The van der Waals surface area contributed by atoms with Gasteiger partial charge >= 0.3 is 0 Å². The zero-order chi connectivity index (χ0) is 13.4. The quantitative estimate of drug-likeness (QED) is 0.761. The zero-order valence-electron chi connectivity index (χ0n) is 12.5. The van der Waals surface area contributed by atoms with Crippen LogP contribution in [0.15, 0.2) is 0 Å². The number of methoxy groups -OCH3 is 1. The molecule has 114 valence electrons. The number of amides is 1. The molecule has 1 N–H and O–H groups in total. The molecule has 0 saturated carbocycles. The van der Waals surface area contributed by atoms with Crippen LogP contribution in [0.1, 0.15) is 33.1 Å². The van der Waals surface area contributed by atoms with Crippen LogP contribution in [0, 0.1) is 11.8 Å². The first-order valence-corrected chi connectivity index (χ1v) is 7.12. The summed E-state index contributed by atoms with van der Waals surface area (Å²) in [5, 5.41) is 3.12. The minimum atomic E-state index is 0. The topological polar surface area (TPSA) is 41.6 Å². The Hall–Kier alpha value is -0.320. The van der Waals surface area contributed by atoms with E-state index in [4.69, 9.17) is 4.74 Å². The van der Waals surface area contributed by atoms with E-state index in [9.17, 15) is 4.79 Å². The minimum Gasteiger partial charge on any atom is -0.383 e. The first kappa shape index (κ1) is 18.7. The van der Waals surface area contributed by atoms with Crippen LogP contribution in [-0.4, -0.2) is 50.7 Å². The summed E-state index contributed by atoms with van der Waals surface area (Å²) in [4.78, 5) is 14.0. The summed E-state index contributed by atoms with van der Waals surface area (Å²) in [6.07, 6.45) is 3.56. The molecule has 5 heteroatoms. The van der Waals surface area contributed by atoms with Crippen molar-refractivity contribution < 1.29 is 9.53 Å². The van der Waals surface area contributed by atoms with Gasteiger partial charge in [-0.25, -0.2) is 0 Å². The molecule has 1 aliphatic heterocycles. The van der Waals surface area contributed by atoms with Crippen LogP contribution in [0.4, 0.5) is 0 Å². The predicted octanol–water partition coefficient (Wildman–Crippen LogP) is 1.93. The average molecular weight is 293 g/mol. The highest BCUT2D eigenvalue weighted by Crippen LogP contribution is 2.24. The molecule has 1 atom stereocenters. The highest BCUT2D eigenvalue weighted by molar-refractivity contribution is 5.85. The number of nitrogens with one attached hydrogen (secondary N) is 1. The van der Waals surface area contributed by atoms with Crippen LogP contribution >= 0.6 is 12.4 Å². The maximum atomic E-state index is 12.0. The molecule has 0 bridgehead atoms. The Morgan fingerprint density at radius 2 is 2.11 bits per heavy atom. The van der Waals surface area contributed by atoms with Crippen LogP contribution in [0.3, 0.4) is 0 Å². The van der Waals surface area contributed by atoms with E-state index in [0.29, 0.717) is 13.2 Å². The van der Waals surface area contributed by atoms with E-state index in [-0.39, 0.29) is 18.3 Å². The Kier molecular flexibility index (Phi) is 10.3. The Morgan fingerprint density at radius 3 is 2.74 bits per heavy atom. The van der Waals surface area contributed by atoms with Crippen LogP contribution in [0.5, 0.6) is 0 Å². The number of carbonyl (C=O) groups is 1. The van der Waals surface area contributed by atoms with Gasteiger partial charge in [0, 0.05) is 26.7 Å². The van der Waals surface area contributed by atoms with Gasteiger partial charge in [-0.2, -0.15) is 0 Å². The Balaban J connectivity index is 0.00000324. The van der Waals surface area contributed by atoms with Gasteiger partial charge in [-0.3, -0.25) is 4.79 Å². The SMILES string of the molecule is COCCNCC(=O)N1CCCC(C(C)C)CC1.Cl. The van der Waals surface area contributed by atoms with Gasteiger partial charge < -0.3 is 15.0 Å². The van der Waals surface area contributed by atoms with Crippen molar-refractivity contribution in [1.29, 1.82) is 0 Å². The summed E-state index contributed by atoms with van der Waals surface area (Å²) >= 11 is 0. The second kappa shape index (κ2) is 10.5. The van der Waals surface area contributed by atoms with Gasteiger partial charge in [-0.15, -0.1) is 12.4 Å². The first-order valence-electron chi connectivity index (χ1n) is 7.12. The number of carbonyl (C=O) groups excluding carboxylic acids is 1. The average Bonchev–Trinajstić information content (AvgIpc) is 2.60. The molecule has 0 aliphatic carbocycles. The number of halogens is 1. The molecule has 19 heavy (non-hydrogen) atoms. The zero-order valence-corrected chi connectivity index (χ0v) is 13.3. The largest absolute Gasteiger partial charge is 0.383 e. The normalized spacial score (nSPS) is 20.0. The standard InChI is InChI=1S/C14H28N2O2.ClH/c1-12(2)13-5-4-8-16(9-6-13)14(17)11-15-7-10-18-3;/h12-13,15H,4-11H2,1-3H3;1H. The second-order valence-corrected chi connectivity index (χ2v) is 5.49. The molecule has 1 heterocycles. The van der Waals surface area contributed by atoms with Gasteiger partial charge in [0.1, 0.15) is 0 Å². The second-order valence-electron chi connectivity index (χ2n) is 5.49. The highest BCUT2D eigenvalue weighted by atomic mass is 35.5. The summed E-state index contributed by atoms with van der Waals surface area (Å²) in [5.41, 5.74) is 0. The lowest BCUT2D eigenvalue weighted by Crippen LogP contribution is -2.39. The third kappa shape index (κ3) is 7.14. The molecule has 1 saturated heterocycles. The third-order valence-corrected chi connectivity index (χ3v) is 3.83. The van der Waals surface area contributed by atoms with Crippen molar-refractivity contribution in [1.82, 2.24) is 10.2 Å². The van der Waals surface area contributed by atoms with Crippen molar-refractivity contribution in [2.75, 3.05) is 39.9 Å². The van der Waals surface area contributed by atoms with Gasteiger partial charge in [0.2, 0.25) is 5.91 Å². The van der Waals surface area contributed by atoms with E-state index < -0.39 is 0 Å². The number of hydrogen-bond acceptors (Lipinski definition) is 3. The van der Waals surface area contributed by atoms with Crippen molar-refractivity contribution in [2.24, 2.45) is 11.8 Å². The van der Waals surface area contributed by atoms with Crippen LogP contribution in [0.25, 0.3) is 0 Å². The number of nitrogens with zero attached hydrogens (tertiary/aromatic N) is 1. The summed E-state index contributed by atoms with van der Waals surface area (Å²) in [7, 11) is 1.67. The van der Waals surface area contributed by atoms with E-state index >= 15 is 0 Å². The molecule has 1 fully saturated rings. The van der Waals surface area contributed by atoms with Crippen molar-refractivity contribution in [3.63, 3.8) is 0 Å². The summed E-state index contributed by atoms with van der Waals surface area (Å²) in [6.45, 7) is 8.26. The van der Waals surface area contributed by atoms with Crippen molar-refractivity contribution in [3.05, 3.63) is 0 Å². The molecule has 0 radical (unpaired) electrons. The first-order chi connectivity index (χ1) is 8.65. The number of rotatable bonds is 6. The molecule has 0 spiro atoms. The maximum Gasteiger partial charge on any atom is 0.236 e. The molecule has 1 amide bonds. The lowest BCUT2D eigenvalue weighted by molar-refractivity contribution is -0.130. The van der Waals surface area contributed by atoms with Gasteiger partial charge in [0.05, 0.1) is 13.2 Å². The fourth-order valence-electron chi connectivity index (χ4n) is 2.52. The monoisotopic (exact) mass is 292 g/mol.